The molecule has 1 aromatic carbocycles. The van der Waals surface area contributed by atoms with E-state index in [1.54, 1.807) is 6.07 Å². The van der Waals surface area contributed by atoms with Gasteiger partial charge < -0.3 is 10.5 Å². The highest BCUT2D eigenvalue weighted by atomic mass is 19.4. The van der Waals surface area contributed by atoms with Crippen LogP contribution in [-0.2, 0) is 12.7 Å². The van der Waals surface area contributed by atoms with Gasteiger partial charge in [-0.05, 0) is 49.3 Å². The molecule has 2 atom stereocenters. The second kappa shape index (κ2) is 6.69. The van der Waals surface area contributed by atoms with Crippen molar-refractivity contribution in [3.8, 4) is 5.75 Å². The zero-order valence-corrected chi connectivity index (χ0v) is 12.2. The van der Waals surface area contributed by atoms with Gasteiger partial charge in [-0.15, -0.1) is 0 Å². The highest BCUT2D eigenvalue weighted by molar-refractivity contribution is 5.37. The fraction of sp³-hybridized carbons (Fsp3) is 0.625. The summed E-state index contributed by atoms with van der Waals surface area (Å²) < 4.78 is 44.9. The molecule has 0 amide bonds. The largest absolute Gasteiger partial charge is 0.490 e. The molecule has 118 valence electrons. The molecule has 1 aromatic rings. The van der Waals surface area contributed by atoms with Crippen LogP contribution >= 0.6 is 0 Å². The van der Waals surface area contributed by atoms with E-state index in [1.165, 1.54) is 12.5 Å². The van der Waals surface area contributed by atoms with Crippen molar-refractivity contribution in [3.63, 3.8) is 0 Å². The number of halogens is 3. The van der Waals surface area contributed by atoms with E-state index >= 15 is 0 Å². The molecule has 1 saturated carbocycles. The van der Waals surface area contributed by atoms with Crippen LogP contribution in [0.1, 0.15) is 50.2 Å². The minimum atomic E-state index is -4.40. The van der Waals surface area contributed by atoms with Crippen molar-refractivity contribution >= 4 is 0 Å². The van der Waals surface area contributed by atoms with Crippen molar-refractivity contribution in [1.82, 2.24) is 0 Å². The van der Waals surface area contributed by atoms with Gasteiger partial charge in [-0.25, -0.2) is 0 Å². The Morgan fingerprint density at radius 2 is 1.95 bits per heavy atom. The lowest BCUT2D eigenvalue weighted by Crippen LogP contribution is -2.30. The van der Waals surface area contributed by atoms with E-state index in [9.17, 15) is 13.2 Å². The first-order chi connectivity index (χ1) is 9.95. The molecule has 21 heavy (non-hydrogen) atoms. The summed E-state index contributed by atoms with van der Waals surface area (Å²) in [6.07, 6.45) is 0.885. The van der Waals surface area contributed by atoms with Crippen LogP contribution in [0.2, 0.25) is 0 Å². The fourth-order valence-electron chi connectivity index (χ4n) is 3.04. The Morgan fingerprint density at radius 1 is 1.24 bits per heavy atom. The molecule has 0 aromatic heterocycles. The Balaban J connectivity index is 2.20. The number of hydrogen-bond donors (Lipinski definition) is 1. The molecular formula is C16H22F3NO. The molecule has 0 aliphatic heterocycles. The van der Waals surface area contributed by atoms with Gasteiger partial charge in [0.2, 0.25) is 0 Å². The summed E-state index contributed by atoms with van der Waals surface area (Å²) in [4.78, 5) is 0. The molecule has 1 fully saturated rings. The monoisotopic (exact) mass is 301 g/mol. The highest BCUT2D eigenvalue weighted by Gasteiger charge is 2.34. The first-order valence-corrected chi connectivity index (χ1v) is 7.52. The zero-order chi connectivity index (χ0) is 15.5. The maximum Gasteiger partial charge on any atom is 0.416 e. The van der Waals surface area contributed by atoms with Gasteiger partial charge in [-0.1, -0.05) is 19.4 Å². The van der Waals surface area contributed by atoms with E-state index < -0.39 is 11.7 Å². The lowest BCUT2D eigenvalue weighted by Gasteiger charge is -2.31. The lowest BCUT2D eigenvalue weighted by atomic mass is 9.85. The van der Waals surface area contributed by atoms with E-state index in [4.69, 9.17) is 10.5 Å². The molecule has 0 bridgehead atoms. The van der Waals surface area contributed by atoms with E-state index in [0.29, 0.717) is 11.7 Å². The average molecular weight is 301 g/mol. The summed E-state index contributed by atoms with van der Waals surface area (Å²) in [5.41, 5.74) is 4.80. The second-order valence-corrected chi connectivity index (χ2v) is 5.63. The topological polar surface area (TPSA) is 35.2 Å². The minimum Gasteiger partial charge on any atom is -0.490 e. The van der Waals surface area contributed by atoms with Gasteiger partial charge in [0.25, 0.3) is 0 Å². The van der Waals surface area contributed by atoms with Gasteiger partial charge in [0, 0.05) is 6.54 Å². The molecule has 1 aliphatic rings. The third-order valence-electron chi connectivity index (χ3n) is 4.26. The van der Waals surface area contributed by atoms with E-state index in [1.807, 2.05) is 0 Å². The predicted octanol–water partition coefficient (Wildman–Crippen LogP) is 4.51. The van der Waals surface area contributed by atoms with Crippen LogP contribution in [0.5, 0.6) is 5.75 Å². The molecule has 2 unspecified atom stereocenters. The van der Waals surface area contributed by atoms with E-state index in [2.05, 4.69) is 6.92 Å². The summed E-state index contributed by atoms with van der Waals surface area (Å²) in [6, 6.07) is 4.10. The van der Waals surface area contributed by atoms with Gasteiger partial charge in [-0.3, -0.25) is 0 Å². The third kappa shape index (κ3) is 3.90. The first kappa shape index (κ1) is 16.1. The van der Waals surface area contributed by atoms with Crippen molar-refractivity contribution in [2.75, 3.05) is 0 Å². The summed E-state index contributed by atoms with van der Waals surface area (Å²) in [5.74, 6) is 0.729. The van der Waals surface area contributed by atoms with Crippen molar-refractivity contribution in [2.24, 2.45) is 11.7 Å². The zero-order valence-electron chi connectivity index (χ0n) is 12.2. The van der Waals surface area contributed by atoms with Crippen LogP contribution in [0.15, 0.2) is 18.2 Å². The quantitative estimate of drug-likeness (QED) is 0.888. The molecular weight excluding hydrogens is 279 g/mol. The van der Waals surface area contributed by atoms with Crippen LogP contribution in [0.4, 0.5) is 13.2 Å². The number of alkyl halides is 3. The molecule has 2 nitrogen and oxygen atoms in total. The Hall–Kier alpha value is -1.23. The van der Waals surface area contributed by atoms with Crippen molar-refractivity contribution in [1.29, 1.82) is 0 Å². The number of nitrogens with two attached hydrogens (primary N) is 1. The molecule has 5 heteroatoms. The van der Waals surface area contributed by atoms with E-state index in [0.717, 1.165) is 31.7 Å². The van der Waals surface area contributed by atoms with Crippen molar-refractivity contribution < 1.29 is 17.9 Å². The molecule has 2 N–H and O–H groups in total. The second-order valence-electron chi connectivity index (χ2n) is 5.63. The summed E-state index contributed by atoms with van der Waals surface area (Å²) in [6.45, 7) is 1.97. The van der Waals surface area contributed by atoms with Gasteiger partial charge in [0.05, 0.1) is 5.56 Å². The predicted molar refractivity (Wildman–Crippen MR) is 76.0 cm³/mol. The molecule has 0 spiro atoms. The molecule has 2 rings (SSSR count). The fourth-order valence-corrected chi connectivity index (χ4v) is 3.04. The average Bonchev–Trinajstić information content (AvgIpc) is 2.47. The van der Waals surface area contributed by atoms with Crippen molar-refractivity contribution in [3.05, 3.63) is 29.3 Å². The smallest absolute Gasteiger partial charge is 0.416 e. The van der Waals surface area contributed by atoms with Crippen LogP contribution in [0.25, 0.3) is 0 Å². The Bertz CT molecular complexity index is 473. The number of rotatable bonds is 4. The van der Waals surface area contributed by atoms with Gasteiger partial charge >= 0.3 is 6.18 Å². The minimum absolute atomic E-state index is 0.0218. The van der Waals surface area contributed by atoms with Crippen LogP contribution in [0.3, 0.4) is 0 Å². The Kier molecular flexibility index (Phi) is 5.14. The van der Waals surface area contributed by atoms with Crippen LogP contribution < -0.4 is 10.5 Å². The molecule has 0 heterocycles. The maximum atomic E-state index is 13.0. The first-order valence-electron chi connectivity index (χ1n) is 7.52. The van der Waals surface area contributed by atoms with Crippen LogP contribution in [0, 0.1) is 5.92 Å². The summed E-state index contributed by atoms with van der Waals surface area (Å²) in [7, 11) is 0. The molecule has 0 radical (unpaired) electrons. The normalized spacial score (nSPS) is 23.1. The highest BCUT2D eigenvalue weighted by Crippen LogP contribution is 2.36. The Morgan fingerprint density at radius 3 is 2.57 bits per heavy atom. The Labute approximate surface area is 123 Å². The SMILES string of the molecule is CCC1CCCCC1Oc1ccc(CN)c(C(F)(F)F)c1. The number of benzene rings is 1. The van der Waals surface area contributed by atoms with Gasteiger partial charge in [0.15, 0.2) is 0 Å². The summed E-state index contributed by atoms with van der Waals surface area (Å²) in [5, 5.41) is 0. The third-order valence-corrected chi connectivity index (χ3v) is 4.26. The maximum absolute atomic E-state index is 13.0. The van der Waals surface area contributed by atoms with Gasteiger partial charge in [-0.2, -0.15) is 13.2 Å². The standard InChI is InChI=1S/C16H22F3NO/c1-2-11-5-3-4-6-15(11)21-13-8-7-12(10-20)14(9-13)16(17,18)19/h7-9,11,15H,2-6,10,20H2,1H3. The van der Waals surface area contributed by atoms with E-state index in [-0.39, 0.29) is 18.2 Å². The lowest BCUT2D eigenvalue weighted by molar-refractivity contribution is -0.138. The molecule has 1 aliphatic carbocycles. The van der Waals surface area contributed by atoms with Crippen LogP contribution in [-0.4, -0.2) is 6.10 Å². The number of hydrogen-bond acceptors (Lipinski definition) is 2. The van der Waals surface area contributed by atoms with Crippen molar-refractivity contribution in [2.45, 2.75) is 57.9 Å². The molecule has 0 saturated heterocycles. The van der Waals surface area contributed by atoms with Gasteiger partial charge in [0.1, 0.15) is 11.9 Å². The summed E-state index contributed by atoms with van der Waals surface area (Å²) >= 11 is 0. The number of ether oxygens (including phenoxy) is 1.